The molecule has 0 radical (unpaired) electrons. The van der Waals surface area contributed by atoms with Crippen LogP contribution in [0, 0.1) is 0 Å². The predicted octanol–water partition coefficient (Wildman–Crippen LogP) is 2.40. The van der Waals surface area contributed by atoms with Crippen molar-refractivity contribution in [3.05, 3.63) is 60.1 Å². The fraction of sp³-hybridized carbons (Fsp3) is 0.286. The number of aliphatic hydroxyl groups is 1. The molecule has 0 aliphatic heterocycles. The third-order valence-corrected chi connectivity index (χ3v) is 2.44. The van der Waals surface area contributed by atoms with Crippen LogP contribution in [0.5, 0.6) is 0 Å². The molecule has 1 aromatic carbocycles. The van der Waals surface area contributed by atoms with E-state index in [2.05, 4.69) is 0 Å². The Kier molecular flexibility index (Phi) is 4.36. The minimum absolute atomic E-state index is 0.315. The molecule has 0 aliphatic carbocycles. The summed E-state index contributed by atoms with van der Waals surface area (Å²) in [5.74, 6) is 0.779. The Labute approximate surface area is 101 Å². The largest absolute Gasteiger partial charge is 0.469 e. The summed E-state index contributed by atoms with van der Waals surface area (Å²) >= 11 is 0. The van der Waals surface area contributed by atoms with E-state index in [0.717, 1.165) is 11.3 Å². The lowest BCUT2D eigenvalue weighted by Crippen LogP contribution is -2.17. The van der Waals surface area contributed by atoms with Gasteiger partial charge in [-0.2, -0.15) is 0 Å². The van der Waals surface area contributed by atoms with Gasteiger partial charge in [0.05, 0.1) is 25.6 Å². The second-order valence-corrected chi connectivity index (χ2v) is 3.94. The van der Waals surface area contributed by atoms with Crippen LogP contribution in [0.2, 0.25) is 0 Å². The Morgan fingerprint density at radius 2 is 1.94 bits per heavy atom. The first-order chi connectivity index (χ1) is 8.34. The predicted molar refractivity (Wildman–Crippen MR) is 64.5 cm³/mol. The summed E-state index contributed by atoms with van der Waals surface area (Å²) < 4.78 is 10.6. The van der Waals surface area contributed by atoms with E-state index in [9.17, 15) is 5.11 Å². The molecule has 0 aliphatic rings. The van der Waals surface area contributed by atoms with Crippen molar-refractivity contribution in [2.45, 2.75) is 19.1 Å². The Morgan fingerprint density at radius 1 is 1.12 bits per heavy atom. The van der Waals surface area contributed by atoms with Crippen LogP contribution in [0.1, 0.15) is 11.3 Å². The quantitative estimate of drug-likeness (QED) is 0.831. The topological polar surface area (TPSA) is 42.6 Å². The molecule has 0 amide bonds. The monoisotopic (exact) mass is 232 g/mol. The van der Waals surface area contributed by atoms with Gasteiger partial charge in [0.1, 0.15) is 5.76 Å². The normalized spacial score (nSPS) is 12.5. The molecule has 1 heterocycles. The highest BCUT2D eigenvalue weighted by molar-refractivity contribution is 5.13. The minimum atomic E-state index is -0.523. The highest BCUT2D eigenvalue weighted by Crippen LogP contribution is 2.06. The molecule has 3 heteroatoms. The van der Waals surface area contributed by atoms with Crippen LogP contribution in [0.4, 0.5) is 0 Å². The lowest BCUT2D eigenvalue weighted by Gasteiger charge is -2.09. The van der Waals surface area contributed by atoms with Crippen LogP contribution in [0.25, 0.3) is 0 Å². The van der Waals surface area contributed by atoms with E-state index in [1.807, 2.05) is 42.5 Å². The molecule has 2 rings (SSSR count). The molecule has 1 unspecified atom stereocenters. The first-order valence-corrected chi connectivity index (χ1v) is 5.67. The number of hydrogen-bond donors (Lipinski definition) is 1. The summed E-state index contributed by atoms with van der Waals surface area (Å²) in [6.45, 7) is 0.839. The van der Waals surface area contributed by atoms with E-state index >= 15 is 0 Å². The molecule has 17 heavy (non-hydrogen) atoms. The van der Waals surface area contributed by atoms with Gasteiger partial charge in [0.2, 0.25) is 0 Å². The van der Waals surface area contributed by atoms with E-state index in [1.54, 1.807) is 6.26 Å². The van der Waals surface area contributed by atoms with Gasteiger partial charge in [0, 0.05) is 6.42 Å². The van der Waals surface area contributed by atoms with E-state index < -0.39 is 6.10 Å². The van der Waals surface area contributed by atoms with Crippen molar-refractivity contribution < 1.29 is 14.3 Å². The van der Waals surface area contributed by atoms with Crippen LogP contribution < -0.4 is 0 Å². The Hall–Kier alpha value is -1.58. The molecule has 1 aromatic heterocycles. The summed E-state index contributed by atoms with van der Waals surface area (Å²) in [5.41, 5.74) is 1.11. The number of rotatable bonds is 6. The minimum Gasteiger partial charge on any atom is -0.469 e. The zero-order chi connectivity index (χ0) is 11.9. The van der Waals surface area contributed by atoms with Gasteiger partial charge in [-0.15, -0.1) is 0 Å². The van der Waals surface area contributed by atoms with Crippen molar-refractivity contribution in [3.8, 4) is 0 Å². The number of hydrogen-bond acceptors (Lipinski definition) is 3. The number of aliphatic hydroxyl groups excluding tert-OH is 1. The SMILES string of the molecule is OC(COCc1ccccc1)Cc1ccco1. The van der Waals surface area contributed by atoms with E-state index in [1.165, 1.54) is 0 Å². The number of furan rings is 1. The second-order valence-electron chi connectivity index (χ2n) is 3.94. The van der Waals surface area contributed by atoms with Crippen molar-refractivity contribution >= 4 is 0 Å². The van der Waals surface area contributed by atoms with Crippen molar-refractivity contribution in [3.63, 3.8) is 0 Å². The van der Waals surface area contributed by atoms with Gasteiger partial charge in [-0.3, -0.25) is 0 Å². The second kappa shape index (κ2) is 6.23. The lowest BCUT2D eigenvalue weighted by molar-refractivity contribution is 0.0266. The maximum absolute atomic E-state index is 9.71. The maximum Gasteiger partial charge on any atom is 0.106 e. The molecule has 0 bridgehead atoms. The van der Waals surface area contributed by atoms with Gasteiger partial charge < -0.3 is 14.3 Å². The van der Waals surface area contributed by atoms with E-state index in [0.29, 0.717) is 19.6 Å². The molecule has 3 nitrogen and oxygen atoms in total. The van der Waals surface area contributed by atoms with Crippen LogP contribution in [0.15, 0.2) is 53.1 Å². The first kappa shape index (κ1) is 11.9. The Bertz CT molecular complexity index is 408. The van der Waals surface area contributed by atoms with Gasteiger partial charge in [-0.1, -0.05) is 30.3 Å². The van der Waals surface area contributed by atoms with Crippen LogP contribution >= 0.6 is 0 Å². The molecule has 1 atom stereocenters. The molecule has 0 saturated carbocycles. The van der Waals surface area contributed by atoms with Crippen molar-refractivity contribution in [2.75, 3.05) is 6.61 Å². The van der Waals surface area contributed by atoms with Gasteiger partial charge in [0.25, 0.3) is 0 Å². The van der Waals surface area contributed by atoms with Crippen LogP contribution in [-0.2, 0) is 17.8 Å². The average Bonchev–Trinajstić information content (AvgIpc) is 2.83. The summed E-state index contributed by atoms with van der Waals surface area (Å²) in [5, 5.41) is 9.71. The van der Waals surface area contributed by atoms with Crippen LogP contribution in [0.3, 0.4) is 0 Å². The molecule has 1 N–H and O–H groups in total. The van der Waals surface area contributed by atoms with E-state index in [-0.39, 0.29) is 0 Å². The lowest BCUT2D eigenvalue weighted by atomic mass is 10.2. The van der Waals surface area contributed by atoms with Gasteiger partial charge >= 0.3 is 0 Å². The zero-order valence-corrected chi connectivity index (χ0v) is 9.58. The Balaban J connectivity index is 1.68. The van der Waals surface area contributed by atoms with Crippen molar-refractivity contribution in [2.24, 2.45) is 0 Å². The third kappa shape index (κ3) is 4.06. The smallest absolute Gasteiger partial charge is 0.106 e. The Morgan fingerprint density at radius 3 is 2.65 bits per heavy atom. The standard InChI is InChI=1S/C14H16O3/c15-13(9-14-7-4-8-17-14)11-16-10-12-5-2-1-3-6-12/h1-8,13,15H,9-11H2. The third-order valence-electron chi connectivity index (χ3n) is 2.44. The molecule has 0 spiro atoms. The van der Waals surface area contributed by atoms with E-state index in [4.69, 9.17) is 9.15 Å². The molecule has 0 fully saturated rings. The fourth-order valence-electron chi connectivity index (χ4n) is 1.61. The summed E-state index contributed by atoms with van der Waals surface area (Å²) in [6.07, 6.45) is 1.57. The maximum atomic E-state index is 9.71. The number of ether oxygens (including phenoxy) is 1. The molecule has 90 valence electrons. The van der Waals surface area contributed by atoms with Gasteiger partial charge in [0.15, 0.2) is 0 Å². The first-order valence-electron chi connectivity index (χ1n) is 5.67. The van der Waals surface area contributed by atoms with Crippen molar-refractivity contribution in [1.82, 2.24) is 0 Å². The molecule has 0 saturated heterocycles. The molecule has 2 aromatic rings. The van der Waals surface area contributed by atoms with Gasteiger partial charge in [-0.25, -0.2) is 0 Å². The summed E-state index contributed by atoms with van der Waals surface area (Å²) in [4.78, 5) is 0. The number of benzene rings is 1. The summed E-state index contributed by atoms with van der Waals surface area (Å²) in [7, 11) is 0. The summed E-state index contributed by atoms with van der Waals surface area (Å²) in [6, 6.07) is 13.6. The highest BCUT2D eigenvalue weighted by atomic mass is 16.5. The molecular formula is C14H16O3. The zero-order valence-electron chi connectivity index (χ0n) is 9.58. The highest BCUT2D eigenvalue weighted by Gasteiger charge is 2.07. The van der Waals surface area contributed by atoms with Crippen LogP contribution in [-0.4, -0.2) is 17.8 Å². The average molecular weight is 232 g/mol. The molecular weight excluding hydrogens is 216 g/mol. The van der Waals surface area contributed by atoms with Gasteiger partial charge in [-0.05, 0) is 17.7 Å². The van der Waals surface area contributed by atoms with Crippen molar-refractivity contribution in [1.29, 1.82) is 0 Å². The fourth-order valence-corrected chi connectivity index (χ4v) is 1.61.